The van der Waals surface area contributed by atoms with Gasteiger partial charge in [0, 0.05) is 6.42 Å². The number of rotatable bonds is 2. The Kier molecular flexibility index (Phi) is 5.08. The van der Waals surface area contributed by atoms with E-state index in [9.17, 15) is 25.2 Å². The van der Waals surface area contributed by atoms with Crippen LogP contribution in [0.1, 0.15) is 39.0 Å². The van der Waals surface area contributed by atoms with Gasteiger partial charge in [-0.2, -0.15) is 0 Å². The molecule has 18 heavy (non-hydrogen) atoms. The molecule has 0 radical (unpaired) electrons. The fraction of sp³-hybridized carbons (Fsp3) is 0.889. The topological polar surface area (TPSA) is 29.0 Å². The number of nitrogens with two attached hydrogens (primary N) is 1. The van der Waals surface area contributed by atoms with Crippen LogP contribution in [-0.4, -0.2) is 23.5 Å². The van der Waals surface area contributed by atoms with E-state index in [2.05, 4.69) is 11.5 Å². The molecule has 112 valence electrons. The van der Waals surface area contributed by atoms with E-state index < -0.39 is 7.81 Å². The molecule has 0 aromatic heterocycles. The Balaban J connectivity index is 0.000000360. The predicted octanol–water partition coefficient (Wildman–Crippen LogP) is 4.72. The third-order valence-electron chi connectivity index (χ3n) is 2.27. The van der Waals surface area contributed by atoms with Crippen LogP contribution in [0, 0.1) is 0 Å². The Morgan fingerprint density at radius 2 is 1.39 bits per heavy atom. The van der Waals surface area contributed by atoms with Crippen molar-refractivity contribution in [1.82, 2.24) is 0 Å². The molecule has 0 amide bonds. The average Bonchev–Trinajstić information content (AvgIpc) is 2.15. The van der Waals surface area contributed by atoms with E-state index in [-0.39, 0.29) is 0 Å². The van der Waals surface area contributed by atoms with Crippen LogP contribution in [-0.2, 0) is 0 Å². The second-order valence-corrected chi connectivity index (χ2v) is 6.16. The standard InChI is InChI=1S/C9H18N2.F6P/c1-2-6-9(10)11-7-4-3-5-8-11;1-7(2,3,4,5)6/h10H,2-8H2,1H3;/q;-1/p+1. The molecular weight excluding hydrogens is 281 g/mol. The molecular formula is C9H19F6N2P. The van der Waals surface area contributed by atoms with Crippen molar-refractivity contribution in [2.24, 2.45) is 5.73 Å². The van der Waals surface area contributed by atoms with Gasteiger partial charge in [0.1, 0.15) is 0 Å². The quantitative estimate of drug-likeness (QED) is 0.340. The van der Waals surface area contributed by atoms with Gasteiger partial charge in [0.25, 0.3) is 0 Å². The van der Waals surface area contributed by atoms with E-state index >= 15 is 0 Å². The van der Waals surface area contributed by atoms with Crippen LogP contribution >= 0.6 is 7.81 Å². The molecule has 1 aliphatic rings. The van der Waals surface area contributed by atoms with Gasteiger partial charge in [-0.25, -0.2) is 0 Å². The summed E-state index contributed by atoms with van der Waals surface area (Å²) in [6.45, 7) is 4.55. The third-order valence-corrected chi connectivity index (χ3v) is 2.27. The molecule has 0 unspecified atom stereocenters. The number of hydrogen-bond acceptors (Lipinski definition) is 0. The molecule has 2 N–H and O–H groups in total. The van der Waals surface area contributed by atoms with Crippen LogP contribution in [0.15, 0.2) is 0 Å². The van der Waals surface area contributed by atoms with Crippen molar-refractivity contribution in [2.75, 3.05) is 13.1 Å². The van der Waals surface area contributed by atoms with Crippen molar-refractivity contribution < 1.29 is 29.8 Å². The van der Waals surface area contributed by atoms with Crippen LogP contribution in [0.4, 0.5) is 25.2 Å². The van der Waals surface area contributed by atoms with Crippen LogP contribution < -0.4 is 5.73 Å². The SMILES string of the molecule is CCCC(N)=[N+]1CCCCC1.F[P-](F)(F)(F)(F)F. The van der Waals surface area contributed by atoms with E-state index in [4.69, 9.17) is 5.73 Å². The first kappa shape index (κ1) is 17.5. The first-order chi connectivity index (χ1) is 7.79. The zero-order chi connectivity index (χ0) is 14.5. The second kappa shape index (κ2) is 5.23. The van der Waals surface area contributed by atoms with Gasteiger partial charge in [-0.3, -0.25) is 10.3 Å². The van der Waals surface area contributed by atoms with Gasteiger partial charge in [0.2, 0.25) is 5.84 Å². The second-order valence-electron chi connectivity index (χ2n) is 4.25. The van der Waals surface area contributed by atoms with Gasteiger partial charge in [-0.1, -0.05) is 6.92 Å². The number of halogens is 6. The zero-order valence-corrected chi connectivity index (χ0v) is 11.1. The van der Waals surface area contributed by atoms with Crippen molar-refractivity contribution in [3.63, 3.8) is 0 Å². The molecule has 0 saturated carbocycles. The minimum atomic E-state index is -10.7. The number of hydrogen-bond donors (Lipinski definition) is 1. The van der Waals surface area contributed by atoms with Crippen LogP contribution in [0.2, 0.25) is 0 Å². The molecule has 9 heteroatoms. The van der Waals surface area contributed by atoms with E-state index in [0.717, 1.165) is 12.3 Å². The molecule has 1 saturated heterocycles. The van der Waals surface area contributed by atoms with Gasteiger partial charge in [-0.05, 0) is 25.7 Å². The van der Waals surface area contributed by atoms with Crippen LogP contribution in [0.25, 0.3) is 0 Å². The van der Waals surface area contributed by atoms with E-state index in [1.54, 1.807) is 0 Å². The summed E-state index contributed by atoms with van der Waals surface area (Å²) in [6, 6.07) is 0. The minimum absolute atomic E-state index is 1.07. The van der Waals surface area contributed by atoms with E-state index in [1.165, 1.54) is 38.8 Å². The molecule has 2 nitrogen and oxygen atoms in total. The van der Waals surface area contributed by atoms with Gasteiger partial charge in [0.15, 0.2) is 0 Å². The summed E-state index contributed by atoms with van der Waals surface area (Å²) in [7, 11) is -10.7. The van der Waals surface area contributed by atoms with Crippen molar-refractivity contribution in [1.29, 1.82) is 0 Å². The Bertz CT molecular complexity index is 287. The Labute approximate surface area is 102 Å². The van der Waals surface area contributed by atoms with Crippen molar-refractivity contribution in [3.8, 4) is 0 Å². The molecule has 0 aliphatic carbocycles. The molecule has 1 heterocycles. The van der Waals surface area contributed by atoms with Crippen molar-refractivity contribution in [3.05, 3.63) is 0 Å². The maximum absolute atomic E-state index is 10.7. The Morgan fingerprint density at radius 3 is 1.72 bits per heavy atom. The van der Waals surface area contributed by atoms with Gasteiger partial charge < -0.3 is 0 Å². The van der Waals surface area contributed by atoms with Crippen molar-refractivity contribution in [2.45, 2.75) is 39.0 Å². The van der Waals surface area contributed by atoms with Gasteiger partial charge >= 0.3 is 33.0 Å². The Hall–Kier alpha value is -0.520. The summed E-state index contributed by atoms with van der Waals surface area (Å²) < 4.78 is 61.5. The summed E-state index contributed by atoms with van der Waals surface area (Å²) in [5.74, 6) is 1.10. The Morgan fingerprint density at radius 1 is 1.00 bits per heavy atom. The summed E-state index contributed by atoms with van der Waals surface area (Å²) in [5, 5.41) is 0. The summed E-state index contributed by atoms with van der Waals surface area (Å²) in [4.78, 5) is 0. The fourth-order valence-corrected chi connectivity index (χ4v) is 1.60. The molecule has 0 atom stereocenters. The molecule has 0 spiro atoms. The van der Waals surface area contributed by atoms with Crippen molar-refractivity contribution >= 4 is 13.6 Å². The molecule has 1 aliphatic heterocycles. The monoisotopic (exact) mass is 300 g/mol. The number of amidine groups is 1. The van der Waals surface area contributed by atoms with Crippen LogP contribution in [0.5, 0.6) is 0 Å². The fourth-order valence-electron chi connectivity index (χ4n) is 1.60. The molecule has 0 bridgehead atoms. The van der Waals surface area contributed by atoms with Gasteiger partial charge in [0.05, 0.1) is 13.1 Å². The number of piperidine rings is 1. The molecule has 0 aromatic rings. The molecule has 0 aromatic carbocycles. The van der Waals surface area contributed by atoms with E-state index in [0.29, 0.717) is 0 Å². The normalized spacial score (nSPS) is 20.3. The summed E-state index contributed by atoms with van der Waals surface area (Å²) in [5.41, 5.74) is 5.90. The molecule has 1 rings (SSSR count). The summed E-state index contributed by atoms with van der Waals surface area (Å²) >= 11 is 0. The third kappa shape index (κ3) is 15.5. The first-order valence-corrected chi connectivity index (χ1v) is 7.75. The zero-order valence-electron chi connectivity index (χ0n) is 10.2. The maximum atomic E-state index is 9.87. The van der Waals surface area contributed by atoms with Crippen LogP contribution in [0.3, 0.4) is 0 Å². The summed E-state index contributed by atoms with van der Waals surface area (Å²) in [6.07, 6.45) is 6.27. The molecule has 1 fully saturated rings. The predicted molar refractivity (Wildman–Crippen MR) is 61.5 cm³/mol. The first-order valence-electron chi connectivity index (χ1n) is 5.72. The van der Waals surface area contributed by atoms with E-state index in [1.807, 2.05) is 0 Å². The van der Waals surface area contributed by atoms with Gasteiger partial charge in [-0.15, -0.1) is 0 Å². The number of nitrogens with zero attached hydrogens (tertiary/aromatic N) is 1. The average molecular weight is 300 g/mol.